The van der Waals surface area contributed by atoms with E-state index in [-0.39, 0.29) is 5.78 Å². The van der Waals surface area contributed by atoms with Gasteiger partial charge in [-0.25, -0.2) is 0 Å². The van der Waals surface area contributed by atoms with E-state index in [0.29, 0.717) is 12.1 Å². The molecular formula is C13H12NOS2+. The largest absolute Gasteiger partial charge is 0.287 e. The van der Waals surface area contributed by atoms with Gasteiger partial charge in [-0.3, -0.25) is 4.79 Å². The van der Waals surface area contributed by atoms with Gasteiger partial charge in [-0.2, -0.15) is 4.57 Å². The minimum absolute atomic E-state index is 0.0715. The fourth-order valence-corrected chi connectivity index (χ4v) is 2.25. The van der Waals surface area contributed by atoms with Crippen molar-refractivity contribution in [2.75, 3.05) is 0 Å². The molecule has 2 nitrogen and oxygen atoms in total. The summed E-state index contributed by atoms with van der Waals surface area (Å²) in [5.74, 6) is 0.0715. The number of rotatable bonds is 3. The van der Waals surface area contributed by atoms with Crippen molar-refractivity contribution in [3.05, 3.63) is 54.4 Å². The molecule has 0 atom stereocenters. The van der Waals surface area contributed by atoms with Crippen molar-refractivity contribution < 1.29 is 9.36 Å². The van der Waals surface area contributed by atoms with Crippen LogP contribution >= 0.6 is 25.3 Å². The molecule has 0 N–H and O–H groups in total. The topological polar surface area (TPSA) is 20.9 Å². The Hall–Kier alpha value is -1.26. The number of aromatic nitrogens is 1. The van der Waals surface area contributed by atoms with Crippen LogP contribution < -0.4 is 4.57 Å². The zero-order chi connectivity index (χ0) is 12.3. The van der Waals surface area contributed by atoms with E-state index in [1.165, 1.54) is 0 Å². The Morgan fingerprint density at radius 2 is 1.65 bits per heavy atom. The molecule has 1 aromatic carbocycles. The van der Waals surface area contributed by atoms with E-state index in [2.05, 4.69) is 25.3 Å². The average Bonchev–Trinajstić information content (AvgIpc) is 2.28. The number of carbonyl (C=O) groups is 1. The molecule has 86 valence electrons. The third kappa shape index (κ3) is 3.35. The number of hydrogen-bond acceptors (Lipinski definition) is 3. The van der Waals surface area contributed by atoms with Crippen LogP contribution in [-0.2, 0) is 6.54 Å². The lowest BCUT2D eigenvalue weighted by molar-refractivity contribution is -0.686. The first-order chi connectivity index (χ1) is 8.15. The first-order valence-electron chi connectivity index (χ1n) is 5.15. The van der Waals surface area contributed by atoms with Crippen LogP contribution in [0.2, 0.25) is 0 Å². The van der Waals surface area contributed by atoms with Crippen LogP contribution in [0.4, 0.5) is 0 Å². The van der Waals surface area contributed by atoms with Crippen LogP contribution in [0, 0.1) is 0 Å². The minimum Gasteiger partial charge on any atom is -0.287 e. The lowest BCUT2D eigenvalue weighted by atomic mass is 10.1. The lowest BCUT2D eigenvalue weighted by Crippen LogP contribution is -2.37. The highest BCUT2D eigenvalue weighted by Gasteiger charge is 2.12. The van der Waals surface area contributed by atoms with E-state index in [0.717, 1.165) is 9.79 Å². The van der Waals surface area contributed by atoms with Gasteiger partial charge in [-0.15, -0.1) is 25.3 Å². The molecule has 17 heavy (non-hydrogen) atoms. The molecule has 2 aromatic rings. The molecule has 0 fully saturated rings. The standard InChI is InChI=1S/C13H11NOS2/c15-13(10-4-2-1-3-5-10)9-14-7-11(16)6-12(17)8-14/h1-8H,9H2,(H-,16,17)/p+1. The van der Waals surface area contributed by atoms with Gasteiger partial charge in [-0.05, 0) is 6.07 Å². The summed E-state index contributed by atoms with van der Waals surface area (Å²) >= 11 is 8.51. The highest BCUT2D eigenvalue weighted by molar-refractivity contribution is 7.81. The monoisotopic (exact) mass is 262 g/mol. The minimum atomic E-state index is 0.0715. The van der Waals surface area contributed by atoms with E-state index in [9.17, 15) is 4.79 Å². The third-order valence-electron chi connectivity index (χ3n) is 2.31. The summed E-state index contributed by atoms with van der Waals surface area (Å²) in [6, 6.07) is 11.1. The Kier molecular flexibility index (Phi) is 3.86. The Morgan fingerprint density at radius 1 is 1.06 bits per heavy atom. The van der Waals surface area contributed by atoms with Gasteiger partial charge in [0.05, 0.1) is 9.79 Å². The van der Waals surface area contributed by atoms with Crippen molar-refractivity contribution in [1.82, 2.24) is 0 Å². The first kappa shape index (κ1) is 12.2. The summed E-state index contributed by atoms with van der Waals surface area (Å²) in [5.41, 5.74) is 0.713. The number of pyridine rings is 1. The van der Waals surface area contributed by atoms with Gasteiger partial charge in [0.25, 0.3) is 0 Å². The lowest BCUT2D eigenvalue weighted by Gasteiger charge is -1.99. The molecule has 1 heterocycles. The Bertz CT molecular complexity index is 520. The highest BCUT2D eigenvalue weighted by Crippen LogP contribution is 2.09. The molecule has 0 aliphatic rings. The SMILES string of the molecule is O=C(C[n+]1cc(S)cc(S)c1)c1ccccc1. The fourth-order valence-electron chi connectivity index (χ4n) is 1.58. The van der Waals surface area contributed by atoms with Crippen LogP contribution in [0.15, 0.2) is 58.6 Å². The molecule has 2 rings (SSSR count). The average molecular weight is 262 g/mol. The van der Waals surface area contributed by atoms with Crippen molar-refractivity contribution in [3.8, 4) is 0 Å². The van der Waals surface area contributed by atoms with Gasteiger partial charge in [0.1, 0.15) is 0 Å². The van der Waals surface area contributed by atoms with Gasteiger partial charge in [0, 0.05) is 5.56 Å². The van der Waals surface area contributed by atoms with Crippen molar-refractivity contribution >= 4 is 31.0 Å². The molecule has 0 spiro atoms. The smallest absolute Gasteiger partial charge is 0.227 e. The van der Waals surface area contributed by atoms with E-state index in [4.69, 9.17) is 0 Å². The molecule has 0 amide bonds. The second-order valence-corrected chi connectivity index (χ2v) is 4.75. The molecule has 1 aromatic heterocycles. The van der Waals surface area contributed by atoms with Crippen molar-refractivity contribution in [2.24, 2.45) is 0 Å². The maximum atomic E-state index is 12.0. The van der Waals surface area contributed by atoms with E-state index in [1.807, 2.05) is 48.8 Å². The van der Waals surface area contributed by atoms with Crippen LogP contribution in [-0.4, -0.2) is 5.78 Å². The number of ketones is 1. The van der Waals surface area contributed by atoms with Crippen LogP contribution in [0.5, 0.6) is 0 Å². The Morgan fingerprint density at radius 3 is 2.24 bits per heavy atom. The summed E-state index contributed by atoms with van der Waals surface area (Å²) in [6.45, 7) is 0.298. The van der Waals surface area contributed by atoms with Crippen LogP contribution in [0.25, 0.3) is 0 Å². The number of benzene rings is 1. The second-order valence-electron chi connectivity index (χ2n) is 3.71. The van der Waals surface area contributed by atoms with E-state index >= 15 is 0 Å². The summed E-state index contributed by atoms with van der Waals surface area (Å²) in [6.07, 6.45) is 3.62. The molecule has 0 saturated heterocycles. The second kappa shape index (κ2) is 5.38. The van der Waals surface area contributed by atoms with Crippen LogP contribution in [0.3, 0.4) is 0 Å². The molecule has 0 aliphatic heterocycles. The summed E-state index contributed by atoms with van der Waals surface area (Å²) in [4.78, 5) is 13.5. The molecule has 4 heteroatoms. The van der Waals surface area contributed by atoms with Gasteiger partial charge in [-0.1, -0.05) is 30.3 Å². The summed E-state index contributed by atoms with van der Waals surface area (Å²) in [5, 5.41) is 0. The molecule has 0 unspecified atom stereocenters. The number of thiol groups is 2. The number of carbonyl (C=O) groups excluding carboxylic acids is 1. The summed E-state index contributed by atoms with van der Waals surface area (Å²) in [7, 11) is 0. The van der Waals surface area contributed by atoms with E-state index < -0.39 is 0 Å². The third-order valence-corrected chi connectivity index (χ3v) is 2.80. The molecule has 0 bridgehead atoms. The maximum absolute atomic E-state index is 12.0. The maximum Gasteiger partial charge on any atom is 0.227 e. The predicted molar refractivity (Wildman–Crippen MR) is 71.9 cm³/mol. The first-order valence-corrected chi connectivity index (χ1v) is 6.05. The van der Waals surface area contributed by atoms with Crippen molar-refractivity contribution in [2.45, 2.75) is 16.3 Å². The summed E-state index contributed by atoms with van der Waals surface area (Å²) < 4.78 is 1.79. The number of nitrogens with zero attached hydrogens (tertiary/aromatic N) is 1. The molecule has 0 saturated carbocycles. The highest BCUT2D eigenvalue weighted by atomic mass is 32.1. The molecular weight excluding hydrogens is 250 g/mol. The quantitative estimate of drug-likeness (QED) is 0.495. The normalized spacial score (nSPS) is 10.2. The van der Waals surface area contributed by atoms with Gasteiger partial charge >= 0.3 is 0 Å². The van der Waals surface area contributed by atoms with Crippen LogP contribution in [0.1, 0.15) is 10.4 Å². The Labute approximate surface area is 111 Å². The van der Waals surface area contributed by atoms with Gasteiger partial charge in [0.15, 0.2) is 12.4 Å². The van der Waals surface area contributed by atoms with Gasteiger partial charge < -0.3 is 0 Å². The number of hydrogen-bond donors (Lipinski definition) is 2. The fraction of sp³-hybridized carbons (Fsp3) is 0.0769. The zero-order valence-electron chi connectivity index (χ0n) is 9.08. The zero-order valence-corrected chi connectivity index (χ0v) is 10.9. The number of Topliss-reactive ketones (excluding diaryl/α,β-unsaturated/α-hetero) is 1. The predicted octanol–water partition coefficient (Wildman–Crippen LogP) is 2.43. The van der Waals surface area contributed by atoms with Crippen molar-refractivity contribution in [1.29, 1.82) is 0 Å². The van der Waals surface area contributed by atoms with Gasteiger partial charge in [0.2, 0.25) is 12.3 Å². The Balaban J connectivity index is 2.19. The van der Waals surface area contributed by atoms with Crippen molar-refractivity contribution in [3.63, 3.8) is 0 Å². The molecule has 0 aliphatic carbocycles. The van der Waals surface area contributed by atoms with E-state index in [1.54, 1.807) is 4.57 Å². The molecule has 0 radical (unpaired) electrons.